The number of nitrogens with zero attached hydrogens (tertiary/aromatic N) is 3. The highest BCUT2D eigenvalue weighted by molar-refractivity contribution is 5.81. The van der Waals surface area contributed by atoms with E-state index in [0.717, 1.165) is 11.0 Å². The van der Waals surface area contributed by atoms with Crippen molar-refractivity contribution in [3.63, 3.8) is 0 Å². The molecule has 3 aromatic rings. The predicted octanol–water partition coefficient (Wildman–Crippen LogP) is 2.35. The van der Waals surface area contributed by atoms with Gasteiger partial charge >= 0.3 is 0 Å². The molecule has 0 bridgehead atoms. The monoisotopic (exact) mass is 255 g/mol. The van der Waals surface area contributed by atoms with Crippen LogP contribution in [0, 0.1) is 0 Å². The number of pyridine rings is 1. The van der Waals surface area contributed by atoms with Crippen molar-refractivity contribution in [2.24, 2.45) is 7.05 Å². The minimum Gasteiger partial charge on any atom is -0.504 e. The van der Waals surface area contributed by atoms with E-state index in [1.807, 2.05) is 29.8 Å². The number of fused-ring (bicyclic) bond motifs is 1. The molecule has 0 amide bonds. The largest absolute Gasteiger partial charge is 0.504 e. The van der Waals surface area contributed by atoms with Crippen LogP contribution in [-0.4, -0.2) is 26.8 Å². The second-order valence-electron chi connectivity index (χ2n) is 4.22. The first-order valence-electron chi connectivity index (χ1n) is 5.85. The van der Waals surface area contributed by atoms with Crippen molar-refractivity contribution in [1.29, 1.82) is 0 Å². The maximum absolute atomic E-state index is 10.2. The zero-order valence-corrected chi connectivity index (χ0v) is 10.7. The van der Waals surface area contributed by atoms with E-state index >= 15 is 0 Å². The Morgan fingerprint density at radius 2 is 2.11 bits per heavy atom. The normalized spacial score (nSPS) is 10.8. The van der Waals surface area contributed by atoms with Crippen molar-refractivity contribution in [3.05, 3.63) is 36.7 Å². The third kappa shape index (κ3) is 1.71. The van der Waals surface area contributed by atoms with Crippen LogP contribution in [0.3, 0.4) is 0 Å². The van der Waals surface area contributed by atoms with E-state index in [2.05, 4.69) is 9.97 Å². The lowest BCUT2D eigenvalue weighted by Gasteiger charge is -2.08. The molecule has 96 valence electrons. The minimum absolute atomic E-state index is 0.0939. The average molecular weight is 255 g/mol. The summed E-state index contributed by atoms with van der Waals surface area (Å²) in [5.41, 5.74) is 2.40. The van der Waals surface area contributed by atoms with Gasteiger partial charge in [0.2, 0.25) is 0 Å². The molecule has 2 aromatic heterocycles. The van der Waals surface area contributed by atoms with Crippen molar-refractivity contribution in [3.8, 4) is 22.9 Å². The second kappa shape index (κ2) is 4.28. The summed E-state index contributed by atoms with van der Waals surface area (Å²) >= 11 is 0. The number of aromatic nitrogens is 3. The Morgan fingerprint density at radius 3 is 2.84 bits per heavy atom. The van der Waals surface area contributed by atoms with Gasteiger partial charge in [0.15, 0.2) is 11.5 Å². The van der Waals surface area contributed by atoms with Gasteiger partial charge < -0.3 is 14.4 Å². The molecule has 0 aliphatic rings. The highest BCUT2D eigenvalue weighted by Crippen LogP contribution is 2.36. The van der Waals surface area contributed by atoms with Crippen molar-refractivity contribution < 1.29 is 9.84 Å². The van der Waals surface area contributed by atoms with Gasteiger partial charge in [0.05, 0.1) is 24.4 Å². The van der Waals surface area contributed by atoms with Gasteiger partial charge in [0.1, 0.15) is 11.3 Å². The summed E-state index contributed by atoms with van der Waals surface area (Å²) < 4.78 is 7.04. The van der Waals surface area contributed by atoms with Gasteiger partial charge in [0.25, 0.3) is 0 Å². The SMILES string of the molecule is COc1cccc(-c2nc3cnccc3n2C)c1O. The fourth-order valence-electron chi connectivity index (χ4n) is 2.16. The van der Waals surface area contributed by atoms with Gasteiger partial charge in [0, 0.05) is 13.2 Å². The molecule has 0 spiro atoms. The van der Waals surface area contributed by atoms with Crippen LogP contribution in [0.2, 0.25) is 0 Å². The highest BCUT2D eigenvalue weighted by Gasteiger charge is 2.15. The third-order valence-corrected chi connectivity index (χ3v) is 3.14. The van der Waals surface area contributed by atoms with Crippen LogP contribution in [0.15, 0.2) is 36.7 Å². The molecule has 3 rings (SSSR count). The molecule has 2 heterocycles. The fraction of sp³-hybridized carbons (Fsp3) is 0.143. The summed E-state index contributed by atoms with van der Waals surface area (Å²) in [6.07, 6.45) is 3.43. The molecular weight excluding hydrogens is 242 g/mol. The maximum atomic E-state index is 10.2. The van der Waals surface area contributed by atoms with E-state index in [1.165, 1.54) is 7.11 Å². The molecule has 1 N–H and O–H groups in total. The van der Waals surface area contributed by atoms with E-state index in [-0.39, 0.29) is 5.75 Å². The van der Waals surface area contributed by atoms with Gasteiger partial charge in [-0.15, -0.1) is 0 Å². The van der Waals surface area contributed by atoms with Gasteiger partial charge in [-0.3, -0.25) is 4.98 Å². The molecule has 0 aliphatic heterocycles. The summed E-state index contributed by atoms with van der Waals surface area (Å²) in [6, 6.07) is 7.24. The lowest BCUT2D eigenvalue weighted by molar-refractivity contribution is 0.374. The predicted molar refractivity (Wildman–Crippen MR) is 72.2 cm³/mol. The lowest BCUT2D eigenvalue weighted by Crippen LogP contribution is -1.94. The average Bonchev–Trinajstić information content (AvgIpc) is 2.77. The van der Waals surface area contributed by atoms with Crippen LogP contribution in [0.4, 0.5) is 0 Å². The molecule has 5 nitrogen and oxygen atoms in total. The summed E-state index contributed by atoms with van der Waals surface area (Å²) in [5, 5.41) is 10.2. The fourth-order valence-corrected chi connectivity index (χ4v) is 2.16. The van der Waals surface area contributed by atoms with Crippen LogP contribution in [0.5, 0.6) is 11.5 Å². The molecule has 0 radical (unpaired) electrons. The highest BCUT2D eigenvalue weighted by atomic mass is 16.5. The van der Waals surface area contributed by atoms with Gasteiger partial charge in [-0.1, -0.05) is 6.07 Å². The number of benzene rings is 1. The number of aryl methyl sites for hydroxylation is 1. The Bertz CT molecular complexity index is 750. The number of phenols is 1. The van der Waals surface area contributed by atoms with Crippen molar-refractivity contribution >= 4 is 11.0 Å². The molecule has 0 aliphatic carbocycles. The summed E-state index contributed by atoms with van der Waals surface area (Å²) in [5.74, 6) is 1.21. The Balaban J connectivity index is 2.28. The molecule has 0 saturated carbocycles. The van der Waals surface area contributed by atoms with Gasteiger partial charge in [-0.05, 0) is 18.2 Å². The number of phenolic OH excluding ortho intramolecular Hbond substituents is 1. The molecular formula is C14H13N3O2. The quantitative estimate of drug-likeness (QED) is 0.763. The molecule has 0 unspecified atom stereocenters. The minimum atomic E-state index is 0.0939. The van der Waals surface area contributed by atoms with Crippen LogP contribution in [-0.2, 0) is 7.05 Å². The number of aromatic hydroxyl groups is 1. The molecule has 0 fully saturated rings. The zero-order chi connectivity index (χ0) is 13.4. The number of rotatable bonds is 2. The maximum Gasteiger partial charge on any atom is 0.168 e. The molecule has 1 aromatic carbocycles. The summed E-state index contributed by atoms with van der Waals surface area (Å²) in [4.78, 5) is 8.56. The number of hydrogen-bond donors (Lipinski definition) is 1. The Hall–Kier alpha value is -2.56. The standard InChI is InChI=1S/C14H13N3O2/c1-17-11-6-7-15-8-10(11)16-14(17)9-4-3-5-12(19-2)13(9)18/h3-8,18H,1-2H3. The molecule has 0 atom stereocenters. The van der Waals surface area contributed by atoms with Gasteiger partial charge in [-0.2, -0.15) is 0 Å². The van der Waals surface area contributed by atoms with E-state index in [1.54, 1.807) is 18.5 Å². The number of hydrogen-bond acceptors (Lipinski definition) is 4. The lowest BCUT2D eigenvalue weighted by atomic mass is 10.1. The van der Waals surface area contributed by atoms with Crippen LogP contribution < -0.4 is 4.74 Å². The van der Waals surface area contributed by atoms with E-state index in [9.17, 15) is 5.11 Å². The topological polar surface area (TPSA) is 60.2 Å². The van der Waals surface area contributed by atoms with E-state index < -0.39 is 0 Å². The molecule has 5 heteroatoms. The first kappa shape index (κ1) is 11.5. The first-order chi connectivity index (χ1) is 9.22. The van der Waals surface area contributed by atoms with Crippen molar-refractivity contribution in [2.75, 3.05) is 7.11 Å². The van der Waals surface area contributed by atoms with Crippen molar-refractivity contribution in [2.45, 2.75) is 0 Å². The van der Waals surface area contributed by atoms with E-state index in [4.69, 9.17) is 4.74 Å². The third-order valence-electron chi connectivity index (χ3n) is 3.14. The Kier molecular flexibility index (Phi) is 2.59. The number of ether oxygens (including phenoxy) is 1. The zero-order valence-electron chi connectivity index (χ0n) is 10.7. The first-order valence-corrected chi connectivity index (χ1v) is 5.85. The summed E-state index contributed by atoms with van der Waals surface area (Å²) in [7, 11) is 3.43. The van der Waals surface area contributed by atoms with Crippen LogP contribution >= 0.6 is 0 Å². The van der Waals surface area contributed by atoms with Gasteiger partial charge in [-0.25, -0.2) is 4.98 Å². The number of methoxy groups -OCH3 is 1. The Labute approximate surface area is 110 Å². The number of imidazole rings is 1. The Morgan fingerprint density at radius 1 is 1.26 bits per heavy atom. The second-order valence-corrected chi connectivity index (χ2v) is 4.22. The smallest absolute Gasteiger partial charge is 0.168 e. The number of para-hydroxylation sites is 1. The molecule has 19 heavy (non-hydrogen) atoms. The van der Waals surface area contributed by atoms with Crippen LogP contribution in [0.25, 0.3) is 22.4 Å². The van der Waals surface area contributed by atoms with Crippen LogP contribution in [0.1, 0.15) is 0 Å². The van der Waals surface area contributed by atoms with E-state index in [0.29, 0.717) is 17.1 Å². The summed E-state index contributed by atoms with van der Waals surface area (Å²) in [6.45, 7) is 0. The van der Waals surface area contributed by atoms with Crippen molar-refractivity contribution in [1.82, 2.24) is 14.5 Å². The molecule has 0 saturated heterocycles.